The molecule has 2 aromatic carbocycles. The first kappa shape index (κ1) is 22.8. The monoisotopic (exact) mass is 376 g/mol. The topological polar surface area (TPSA) is 97.3 Å². The second-order valence-corrected chi connectivity index (χ2v) is 6.52. The zero-order valence-electron chi connectivity index (χ0n) is 11.8. The number of hydrogen-bond donors (Lipinski definition) is 0. The molecule has 0 aliphatic rings. The van der Waals surface area contributed by atoms with E-state index in [1.165, 1.54) is 12.1 Å². The summed E-state index contributed by atoms with van der Waals surface area (Å²) in [5.74, 6) is 0. The van der Waals surface area contributed by atoms with Gasteiger partial charge >= 0.3 is 59.1 Å². The fraction of sp³-hybridized carbons (Fsp3) is 0. The second-order valence-electron chi connectivity index (χ2n) is 3.83. The molecule has 0 heterocycles. The van der Waals surface area contributed by atoms with E-state index in [0.29, 0.717) is 5.56 Å². The molecule has 1 atom stereocenters. The first-order valence-electron chi connectivity index (χ1n) is 5.25. The van der Waals surface area contributed by atoms with Crippen LogP contribution in [0.1, 0.15) is 0 Å². The summed E-state index contributed by atoms with van der Waals surface area (Å²) in [5.41, 5.74) is 0.403. The summed E-state index contributed by atoms with van der Waals surface area (Å²) in [5, 5.41) is 0.250. The molecule has 0 spiro atoms. The molecule has 2 aromatic rings. The second kappa shape index (κ2) is 9.29. The zero-order chi connectivity index (χ0) is 14.9. The Morgan fingerprint density at radius 3 is 2.09 bits per heavy atom. The Hall–Kier alpha value is 0.750. The van der Waals surface area contributed by atoms with E-state index in [2.05, 4.69) is 0 Å². The molecule has 0 amide bonds. The van der Waals surface area contributed by atoms with Crippen molar-refractivity contribution in [2.24, 2.45) is 0 Å². The average Bonchev–Trinajstić information content (AvgIpc) is 2.37. The molecule has 0 saturated heterocycles. The number of halogens is 1. The first-order valence-corrected chi connectivity index (χ1v) is 8.11. The van der Waals surface area contributed by atoms with Gasteiger partial charge < -0.3 is 9.11 Å². The average molecular weight is 377 g/mol. The summed E-state index contributed by atoms with van der Waals surface area (Å²) in [6.07, 6.45) is 0. The Balaban J connectivity index is 0.00000220. The van der Waals surface area contributed by atoms with E-state index >= 15 is 0 Å². The van der Waals surface area contributed by atoms with Gasteiger partial charge in [-0.15, -0.1) is 0 Å². The van der Waals surface area contributed by atoms with E-state index in [4.69, 9.17) is 11.6 Å². The van der Waals surface area contributed by atoms with Crippen LogP contribution in [0.3, 0.4) is 0 Å². The third kappa shape index (κ3) is 5.39. The number of hydrogen-bond acceptors (Lipinski definition) is 5. The van der Waals surface area contributed by atoms with Gasteiger partial charge in [0.15, 0.2) is 0 Å². The summed E-state index contributed by atoms with van der Waals surface area (Å²) in [4.78, 5) is -0.646. The standard InChI is InChI=1S/C12H9ClO5S2.2Na/c13-11-4-2-1-3-9(11)10-7-8(20(16,17)18)5-6-12(10)19(14)15;;/h1-7H,(H,14,15)(H,16,17,18);;/q;2*+1/p-2. The van der Waals surface area contributed by atoms with Crippen LogP contribution in [-0.2, 0) is 21.2 Å². The molecule has 0 bridgehead atoms. The van der Waals surface area contributed by atoms with Gasteiger partial charge in [-0.1, -0.05) is 29.8 Å². The third-order valence-corrected chi connectivity index (χ3v) is 4.46. The molecule has 106 valence electrons. The molecular formula is C12H7ClNa2O5S2. The molecule has 0 fully saturated rings. The van der Waals surface area contributed by atoms with E-state index in [0.717, 1.165) is 18.2 Å². The van der Waals surface area contributed by atoms with Gasteiger partial charge in [0.05, 0.1) is 4.90 Å². The van der Waals surface area contributed by atoms with E-state index in [1.807, 2.05) is 0 Å². The maximum atomic E-state index is 11.2. The van der Waals surface area contributed by atoms with Crippen molar-refractivity contribution < 1.29 is 80.8 Å². The smallest absolute Gasteiger partial charge is 0.768 e. The Morgan fingerprint density at radius 2 is 1.59 bits per heavy atom. The maximum Gasteiger partial charge on any atom is 1.00 e. The first-order chi connectivity index (χ1) is 9.30. The third-order valence-electron chi connectivity index (χ3n) is 2.58. The minimum atomic E-state index is -4.68. The molecule has 0 saturated carbocycles. The molecule has 10 heteroatoms. The van der Waals surface area contributed by atoms with Crippen molar-refractivity contribution in [3.63, 3.8) is 0 Å². The summed E-state index contributed by atoms with van der Waals surface area (Å²) in [6.45, 7) is 0. The normalized spacial score (nSPS) is 12.0. The Bertz CT molecular complexity index is 796. The Morgan fingerprint density at radius 1 is 1.00 bits per heavy atom. The van der Waals surface area contributed by atoms with Gasteiger partial charge in [-0.2, -0.15) is 0 Å². The molecule has 0 radical (unpaired) electrons. The molecular weight excluding hydrogens is 370 g/mol. The summed E-state index contributed by atoms with van der Waals surface area (Å²) < 4.78 is 55.5. The summed E-state index contributed by atoms with van der Waals surface area (Å²) in [6, 6.07) is 9.36. The summed E-state index contributed by atoms with van der Waals surface area (Å²) >= 11 is 3.38. The van der Waals surface area contributed by atoms with Crippen LogP contribution in [0.4, 0.5) is 0 Å². The predicted octanol–water partition coefficient (Wildman–Crippen LogP) is -3.84. The molecule has 0 aliphatic heterocycles. The fourth-order valence-electron chi connectivity index (χ4n) is 1.70. The van der Waals surface area contributed by atoms with Crippen LogP contribution in [-0.4, -0.2) is 21.7 Å². The van der Waals surface area contributed by atoms with E-state index in [9.17, 15) is 21.7 Å². The van der Waals surface area contributed by atoms with Crippen molar-refractivity contribution in [2.75, 3.05) is 0 Å². The fourth-order valence-corrected chi connectivity index (χ4v) is 2.96. The largest absolute Gasteiger partial charge is 1.00 e. The Labute approximate surface area is 180 Å². The van der Waals surface area contributed by atoms with Crippen molar-refractivity contribution in [1.82, 2.24) is 0 Å². The van der Waals surface area contributed by atoms with Crippen LogP contribution in [0.5, 0.6) is 0 Å². The maximum absolute atomic E-state index is 11.2. The van der Waals surface area contributed by atoms with Gasteiger partial charge in [0.25, 0.3) is 0 Å². The van der Waals surface area contributed by atoms with Crippen LogP contribution in [0.25, 0.3) is 11.1 Å². The molecule has 1 unspecified atom stereocenters. The minimum Gasteiger partial charge on any atom is -0.768 e. The van der Waals surface area contributed by atoms with Gasteiger partial charge in [0.2, 0.25) is 0 Å². The van der Waals surface area contributed by atoms with Crippen molar-refractivity contribution in [1.29, 1.82) is 0 Å². The van der Waals surface area contributed by atoms with Crippen LogP contribution in [0, 0.1) is 0 Å². The zero-order valence-corrected chi connectivity index (χ0v) is 18.2. The molecule has 5 nitrogen and oxygen atoms in total. The van der Waals surface area contributed by atoms with Crippen molar-refractivity contribution in [2.45, 2.75) is 9.79 Å². The Kier molecular flexibility index (Phi) is 9.61. The number of rotatable bonds is 3. The van der Waals surface area contributed by atoms with Gasteiger partial charge in [-0.05, 0) is 40.9 Å². The SMILES string of the molecule is O=S([O-])c1ccc(S(=O)(=O)[O-])cc1-c1ccccc1Cl.[Na+].[Na+]. The predicted molar refractivity (Wildman–Crippen MR) is 72.0 cm³/mol. The van der Waals surface area contributed by atoms with Crippen molar-refractivity contribution >= 4 is 32.8 Å². The quantitative estimate of drug-likeness (QED) is 0.310. The van der Waals surface area contributed by atoms with Gasteiger partial charge in [-0.25, -0.2) is 8.42 Å². The van der Waals surface area contributed by atoms with Crippen LogP contribution < -0.4 is 59.1 Å². The van der Waals surface area contributed by atoms with Gasteiger partial charge in [0, 0.05) is 15.5 Å². The van der Waals surface area contributed by atoms with Gasteiger partial charge in [-0.3, -0.25) is 4.21 Å². The van der Waals surface area contributed by atoms with Crippen LogP contribution in [0.15, 0.2) is 52.3 Å². The van der Waals surface area contributed by atoms with Crippen molar-refractivity contribution in [3.8, 4) is 11.1 Å². The molecule has 2 rings (SSSR count). The number of benzene rings is 2. The molecule has 0 N–H and O–H groups in total. The van der Waals surface area contributed by atoms with Crippen molar-refractivity contribution in [3.05, 3.63) is 47.5 Å². The minimum absolute atomic E-state index is 0. The molecule has 0 aliphatic carbocycles. The van der Waals surface area contributed by atoms with E-state index < -0.39 is 26.1 Å². The molecule has 22 heavy (non-hydrogen) atoms. The van der Waals surface area contributed by atoms with E-state index in [1.54, 1.807) is 12.1 Å². The van der Waals surface area contributed by atoms with Crippen LogP contribution in [0.2, 0.25) is 5.02 Å². The van der Waals surface area contributed by atoms with Crippen LogP contribution >= 0.6 is 11.6 Å². The van der Waals surface area contributed by atoms with E-state index in [-0.39, 0.29) is 74.6 Å². The summed E-state index contributed by atoms with van der Waals surface area (Å²) in [7, 11) is -4.68. The molecule has 0 aromatic heterocycles. The van der Waals surface area contributed by atoms with Gasteiger partial charge in [0.1, 0.15) is 10.1 Å².